The predicted molar refractivity (Wildman–Crippen MR) is 270 cm³/mol. The number of nitrogens with one attached hydrogen (secondary N) is 2. The highest BCUT2D eigenvalue weighted by molar-refractivity contribution is 6.41. The van der Waals surface area contributed by atoms with E-state index < -0.39 is 88.7 Å². The summed E-state index contributed by atoms with van der Waals surface area (Å²) in [6.07, 6.45) is -1.20. The van der Waals surface area contributed by atoms with E-state index in [-0.39, 0.29) is 48.3 Å². The third-order valence-corrected chi connectivity index (χ3v) is 16.5. The van der Waals surface area contributed by atoms with Crippen LogP contribution in [0.15, 0.2) is 67.4 Å². The summed E-state index contributed by atoms with van der Waals surface area (Å²) in [5, 5.41) is 7.61. The predicted octanol–water partition coefficient (Wildman–Crippen LogP) is 5.94. The lowest BCUT2D eigenvalue weighted by Crippen LogP contribution is -2.73. The van der Waals surface area contributed by atoms with Gasteiger partial charge in [-0.2, -0.15) is 13.2 Å². The van der Waals surface area contributed by atoms with E-state index in [2.05, 4.69) is 22.0 Å². The van der Waals surface area contributed by atoms with Crippen LogP contribution in [0, 0.1) is 11.3 Å². The highest BCUT2D eigenvalue weighted by Crippen LogP contribution is 2.59. The van der Waals surface area contributed by atoms with Crippen molar-refractivity contribution < 1.29 is 51.4 Å². The van der Waals surface area contributed by atoms with Crippen LogP contribution in [0.1, 0.15) is 95.3 Å². The molecule has 5 aliphatic rings. The summed E-state index contributed by atoms with van der Waals surface area (Å²) in [7, 11) is 2.82. The molecule has 3 saturated heterocycles. The van der Waals surface area contributed by atoms with Gasteiger partial charge in [0.2, 0.25) is 11.8 Å². The molecule has 7 heterocycles. The van der Waals surface area contributed by atoms with E-state index in [1.807, 2.05) is 53.7 Å². The number of benzene rings is 1. The number of halogens is 3. The number of hydrogen-bond donors (Lipinski definition) is 2. The van der Waals surface area contributed by atoms with Gasteiger partial charge in [0.1, 0.15) is 24.2 Å². The zero-order valence-corrected chi connectivity index (χ0v) is 44.5. The van der Waals surface area contributed by atoms with Crippen LogP contribution < -0.4 is 15.3 Å². The van der Waals surface area contributed by atoms with Crippen molar-refractivity contribution in [1.82, 2.24) is 40.1 Å². The SMILES string of the molecule is C=CC(=O)N1CCOC2(C1)CN(C(=O)N(C)[C@H](C(=O)NC1Cc3cccc(n3)-c3ccc4c(c3)C(CC(C)(C)COC(=O)[C@@H]3CCCN(N[Si]3)C1=O)C(C)(c1cccnc1[C@H](C)OC)N4CC(F)(F)F)C(C)C)C2. The van der Waals surface area contributed by atoms with Crippen LogP contribution in [0.2, 0.25) is 5.54 Å². The fraction of sp³-hybridized carbons (Fsp3) is 0.566. The molecule has 3 aromatic rings. The number of anilines is 1. The number of likely N-dealkylation sites (tertiary alicyclic amines) is 1. The number of likely N-dealkylation sites (N-methyl/N-ethyl adjacent to an activating group) is 1. The number of carbonyl (C=O) groups excluding carboxylic acids is 5. The molecule has 5 aliphatic heterocycles. The molecule has 74 heavy (non-hydrogen) atoms. The number of amides is 5. The monoisotopic (exact) mass is 1040 g/mol. The third-order valence-electron chi connectivity index (χ3n) is 15.3. The lowest BCUT2D eigenvalue weighted by Gasteiger charge is -2.54. The zero-order chi connectivity index (χ0) is 53.5. The number of urea groups is 1. The van der Waals surface area contributed by atoms with Crippen molar-refractivity contribution in [3.05, 3.63) is 89.9 Å². The van der Waals surface area contributed by atoms with Crippen LogP contribution in [0.3, 0.4) is 0 Å². The maximum absolute atomic E-state index is 14.9. The second kappa shape index (κ2) is 21.4. The summed E-state index contributed by atoms with van der Waals surface area (Å²) in [5.74, 6) is -2.71. The Hall–Kier alpha value is -5.90. The van der Waals surface area contributed by atoms with Crippen LogP contribution >= 0.6 is 0 Å². The number of morpholine rings is 1. The van der Waals surface area contributed by atoms with E-state index in [0.717, 1.165) is 0 Å². The van der Waals surface area contributed by atoms with Gasteiger partial charge >= 0.3 is 18.2 Å². The van der Waals surface area contributed by atoms with Crippen LogP contribution in [0.5, 0.6) is 0 Å². The summed E-state index contributed by atoms with van der Waals surface area (Å²) >= 11 is 0. The third kappa shape index (κ3) is 11.1. The molecule has 1 spiro atoms. The lowest BCUT2D eigenvalue weighted by atomic mass is 9.69. The van der Waals surface area contributed by atoms with Crippen molar-refractivity contribution in [2.75, 3.05) is 71.5 Å². The molecule has 1 aromatic carbocycles. The van der Waals surface area contributed by atoms with Crippen LogP contribution in [-0.4, -0.2) is 160 Å². The smallest absolute Gasteiger partial charge is 0.405 e. The first kappa shape index (κ1) is 54.4. The van der Waals surface area contributed by atoms with Gasteiger partial charge in [-0.25, -0.2) is 4.79 Å². The number of alkyl halides is 3. The summed E-state index contributed by atoms with van der Waals surface area (Å²) in [6.45, 7) is 15.2. The van der Waals surface area contributed by atoms with E-state index in [4.69, 9.17) is 19.2 Å². The first-order chi connectivity index (χ1) is 35.0. The molecule has 0 aliphatic carbocycles. The lowest BCUT2D eigenvalue weighted by molar-refractivity contribution is -0.178. The minimum atomic E-state index is -4.60. The average Bonchev–Trinajstić information content (AvgIpc) is 3.49. The first-order valence-corrected chi connectivity index (χ1v) is 26.4. The molecule has 0 saturated carbocycles. The van der Waals surface area contributed by atoms with Gasteiger partial charge in [0.15, 0.2) is 9.68 Å². The van der Waals surface area contributed by atoms with E-state index in [1.54, 1.807) is 59.4 Å². The molecular weight excluding hydrogens is 976 g/mol. The second-order valence-corrected chi connectivity index (χ2v) is 22.8. The molecule has 8 rings (SSSR count). The number of nitrogens with zero attached hydrogens (tertiary/aromatic N) is 7. The minimum absolute atomic E-state index is 0.0296. The van der Waals surface area contributed by atoms with Gasteiger partial charge < -0.3 is 39.1 Å². The number of ether oxygens (including phenoxy) is 3. The van der Waals surface area contributed by atoms with Gasteiger partial charge in [-0.1, -0.05) is 52.5 Å². The first-order valence-electron chi connectivity index (χ1n) is 25.3. The number of carbonyl (C=O) groups is 5. The Bertz CT molecular complexity index is 2630. The van der Waals surface area contributed by atoms with Crippen molar-refractivity contribution in [3.63, 3.8) is 0 Å². The molecule has 21 heteroatoms. The maximum atomic E-state index is 14.9. The van der Waals surface area contributed by atoms with Gasteiger partial charge in [0.05, 0.1) is 61.4 Å². The van der Waals surface area contributed by atoms with Crippen LogP contribution in [0.4, 0.5) is 23.7 Å². The molecule has 2 aromatic heterocycles. The molecule has 5 amide bonds. The molecule has 3 fully saturated rings. The van der Waals surface area contributed by atoms with E-state index in [9.17, 15) is 37.1 Å². The zero-order valence-electron chi connectivity index (χ0n) is 43.5. The van der Waals surface area contributed by atoms with Gasteiger partial charge in [-0.05, 0) is 86.4 Å². The quantitative estimate of drug-likeness (QED) is 0.147. The Morgan fingerprint density at radius 1 is 1.05 bits per heavy atom. The molecule has 2 radical (unpaired) electrons. The van der Waals surface area contributed by atoms with Crippen molar-refractivity contribution in [2.24, 2.45) is 11.3 Å². The van der Waals surface area contributed by atoms with Crippen molar-refractivity contribution in [3.8, 4) is 11.3 Å². The van der Waals surface area contributed by atoms with Crippen LogP contribution in [0.25, 0.3) is 11.3 Å². The number of methoxy groups -OCH3 is 1. The van der Waals surface area contributed by atoms with Crippen LogP contribution in [-0.2, 0) is 45.3 Å². The van der Waals surface area contributed by atoms with E-state index in [0.29, 0.717) is 78.4 Å². The number of fused-ring (bicyclic) bond motifs is 7. The number of esters is 1. The Kier molecular flexibility index (Phi) is 15.7. The Labute approximate surface area is 433 Å². The van der Waals surface area contributed by atoms with E-state index >= 15 is 0 Å². The summed E-state index contributed by atoms with van der Waals surface area (Å²) in [5.41, 5.74) is 0.261. The largest absolute Gasteiger partial charge is 0.465 e. The molecular formula is C53H68F3N9O8Si. The van der Waals surface area contributed by atoms with Gasteiger partial charge in [0.25, 0.3) is 5.91 Å². The topological polar surface area (TPSA) is 179 Å². The summed E-state index contributed by atoms with van der Waals surface area (Å²) < 4.78 is 62.7. The number of cyclic esters (lactones) is 1. The molecule has 2 N–H and O–H groups in total. The van der Waals surface area contributed by atoms with Gasteiger partial charge in [0, 0.05) is 68.3 Å². The van der Waals surface area contributed by atoms with Crippen molar-refractivity contribution in [1.29, 1.82) is 0 Å². The number of aromatic nitrogens is 2. The molecule has 17 nitrogen and oxygen atoms in total. The number of hydrogen-bond acceptors (Lipinski definition) is 12. The van der Waals surface area contributed by atoms with Gasteiger partial charge in [-0.3, -0.25) is 39.2 Å². The molecule has 3 unspecified atom stereocenters. The summed E-state index contributed by atoms with van der Waals surface area (Å²) in [4.78, 5) is 85.6. The number of pyridine rings is 2. The Morgan fingerprint density at radius 3 is 2.50 bits per heavy atom. The minimum Gasteiger partial charge on any atom is -0.465 e. The molecule has 398 valence electrons. The van der Waals surface area contributed by atoms with Crippen molar-refractivity contribution in [2.45, 2.75) is 114 Å². The fourth-order valence-corrected chi connectivity index (χ4v) is 12.5. The normalized spacial score (nSPS) is 24.7. The molecule has 6 atom stereocenters. The van der Waals surface area contributed by atoms with Crippen molar-refractivity contribution >= 4 is 45.1 Å². The number of rotatable bonds is 9. The maximum Gasteiger partial charge on any atom is 0.405 e. The second-order valence-electron chi connectivity index (χ2n) is 21.6. The van der Waals surface area contributed by atoms with E-state index in [1.165, 1.54) is 28.0 Å². The highest BCUT2D eigenvalue weighted by atomic mass is 28.2. The highest BCUT2D eigenvalue weighted by Gasteiger charge is 2.55. The fourth-order valence-electron chi connectivity index (χ4n) is 11.4. The molecule has 6 bridgehead atoms. The number of hydrazine groups is 1. The standard InChI is InChI=1S/C53H68F3N9O8Si/c1-10-43(66)62-22-23-73-52(27-62)28-63(29-52)49(70)61(8)45(32(2)3)46(67)59-40-25-35-14-11-16-39(58-35)34-18-19-41-36(24-34)38(26-50(5,6)31-72-48(69)42-17-13-21-65(47(40)68)60-74-42)51(7,64(41)30-53(54,55)56)37-15-12-20-57-44(37)33(4)71-9/h10-12,14-16,18-20,24,32-33,38,40,42,45,60H,1,13,17,21-23,25-31H2,2-9H3,(H,59,67)/t33-,38?,40?,42-,45-,51?/m0/s1. The Morgan fingerprint density at radius 2 is 1.80 bits per heavy atom. The summed E-state index contributed by atoms with van der Waals surface area (Å²) in [6, 6.07) is 11.6. The Balaban J connectivity index is 1.15. The average molecular weight is 1040 g/mol. The van der Waals surface area contributed by atoms with Gasteiger partial charge in [-0.15, -0.1) is 0 Å².